The van der Waals surface area contributed by atoms with E-state index in [9.17, 15) is 14.3 Å². The van der Waals surface area contributed by atoms with Crippen molar-refractivity contribution in [1.82, 2.24) is 0 Å². The lowest BCUT2D eigenvalue weighted by Gasteiger charge is -2.15. The summed E-state index contributed by atoms with van der Waals surface area (Å²) >= 11 is 0. The predicted octanol–water partition coefficient (Wildman–Crippen LogP) is 2.56. The van der Waals surface area contributed by atoms with Gasteiger partial charge in [-0.25, -0.2) is 0 Å². The first-order valence-corrected chi connectivity index (χ1v) is 8.14. The monoisotopic (exact) mass is 300 g/mol. The summed E-state index contributed by atoms with van der Waals surface area (Å²) in [4.78, 5) is 10.5. The Morgan fingerprint density at radius 2 is 2.15 bits per heavy atom. The molecule has 1 rings (SSSR count). The highest BCUT2D eigenvalue weighted by Gasteiger charge is 2.12. The lowest BCUT2D eigenvalue weighted by molar-refractivity contribution is -0.384. The SMILES string of the molecule is CCCOc1cc(NC(C)CS(C)=O)cc([N+](=O)[O-])c1. The predicted molar refractivity (Wildman–Crippen MR) is 80.9 cm³/mol. The van der Waals surface area contributed by atoms with E-state index in [1.807, 2.05) is 13.8 Å². The van der Waals surface area contributed by atoms with Crippen LogP contribution < -0.4 is 10.1 Å². The number of hydrogen-bond donors (Lipinski definition) is 1. The largest absolute Gasteiger partial charge is 0.493 e. The zero-order chi connectivity index (χ0) is 15.1. The van der Waals surface area contributed by atoms with Gasteiger partial charge in [0.15, 0.2) is 0 Å². The van der Waals surface area contributed by atoms with Gasteiger partial charge < -0.3 is 10.1 Å². The van der Waals surface area contributed by atoms with Crippen molar-refractivity contribution in [1.29, 1.82) is 0 Å². The van der Waals surface area contributed by atoms with Crippen LogP contribution in [0.15, 0.2) is 18.2 Å². The number of benzene rings is 1. The van der Waals surface area contributed by atoms with Gasteiger partial charge in [-0.2, -0.15) is 0 Å². The van der Waals surface area contributed by atoms with E-state index >= 15 is 0 Å². The van der Waals surface area contributed by atoms with E-state index in [0.717, 1.165) is 6.42 Å². The van der Waals surface area contributed by atoms with Gasteiger partial charge in [0, 0.05) is 46.7 Å². The second-order valence-electron chi connectivity index (χ2n) is 4.61. The summed E-state index contributed by atoms with van der Waals surface area (Å²) in [6, 6.07) is 4.54. The quantitative estimate of drug-likeness (QED) is 0.589. The normalized spacial score (nSPS) is 13.6. The Hall–Kier alpha value is -1.63. The molecule has 0 heterocycles. The average molecular weight is 300 g/mol. The molecule has 1 aromatic carbocycles. The van der Waals surface area contributed by atoms with Gasteiger partial charge in [0.05, 0.1) is 17.6 Å². The maximum atomic E-state index is 11.2. The maximum Gasteiger partial charge on any atom is 0.275 e. The summed E-state index contributed by atoms with van der Waals surface area (Å²) in [6.45, 7) is 4.36. The molecule has 112 valence electrons. The van der Waals surface area contributed by atoms with Crippen molar-refractivity contribution in [3.63, 3.8) is 0 Å². The minimum absolute atomic E-state index is 0.0223. The molecule has 1 N–H and O–H groups in total. The first-order valence-electron chi connectivity index (χ1n) is 6.41. The highest BCUT2D eigenvalue weighted by atomic mass is 32.2. The van der Waals surface area contributed by atoms with Crippen molar-refractivity contribution in [2.45, 2.75) is 26.3 Å². The molecule has 6 nitrogen and oxygen atoms in total. The Bertz CT molecular complexity index is 493. The van der Waals surface area contributed by atoms with Gasteiger partial charge in [-0.05, 0) is 13.3 Å². The van der Waals surface area contributed by atoms with Crippen LogP contribution in [0.1, 0.15) is 20.3 Å². The summed E-state index contributed by atoms with van der Waals surface area (Å²) in [7, 11) is -0.921. The maximum absolute atomic E-state index is 11.2. The Morgan fingerprint density at radius 3 is 2.70 bits per heavy atom. The van der Waals surface area contributed by atoms with E-state index in [2.05, 4.69) is 5.32 Å². The number of ether oxygens (including phenoxy) is 1. The molecule has 2 unspecified atom stereocenters. The van der Waals surface area contributed by atoms with Crippen molar-refractivity contribution < 1.29 is 13.9 Å². The van der Waals surface area contributed by atoms with Crippen molar-refractivity contribution in [3.8, 4) is 5.75 Å². The van der Waals surface area contributed by atoms with E-state index in [1.165, 1.54) is 12.1 Å². The standard InChI is InChI=1S/C13H20N2O4S/c1-4-5-19-13-7-11(6-12(8-13)15(16)17)14-10(2)9-20(3)18/h6-8,10,14H,4-5,9H2,1-3H3. The number of nitrogens with zero attached hydrogens (tertiary/aromatic N) is 1. The van der Waals surface area contributed by atoms with Crippen molar-refractivity contribution in [2.24, 2.45) is 0 Å². The molecule has 0 aliphatic carbocycles. The summed E-state index contributed by atoms with van der Waals surface area (Å²) in [5.41, 5.74) is 0.578. The Kier molecular flexibility index (Phi) is 6.44. The number of nitrogens with one attached hydrogen (secondary N) is 1. The zero-order valence-electron chi connectivity index (χ0n) is 11.9. The smallest absolute Gasteiger partial charge is 0.275 e. The van der Waals surface area contributed by atoms with E-state index in [1.54, 1.807) is 12.3 Å². The first-order chi connectivity index (χ1) is 9.42. The number of hydrogen-bond acceptors (Lipinski definition) is 5. The van der Waals surface area contributed by atoms with Crippen LogP contribution in [-0.2, 0) is 10.8 Å². The number of rotatable bonds is 8. The van der Waals surface area contributed by atoms with Gasteiger partial charge in [0.25, 0.3) is 5.69 Å². The number of nitro groups is 1. The van der Waals surface area contributed by atoms with Crippen molar-refractivity contribution in [3.05, 3.63) is 28.3 Å². The lowest BCUT2D eigenvalue weighted by Crippen LogP contribution is -2.22. The fourth-order valence-electron chi connectivity index (χ4n) is 1.75. The molecule has 1 aromatic rings. The van der Waals surface area contributed by atoms with Crippen LogP contribution in [0.25, 0.3) is 0 Å². The van der Waals surface area contributed by atoms with E-state index < -0.39 is 15.7 Å². The van der Waals surface area contributed by atoms with Gasteiger partial charge in [0.1, 0.15) is 5.75 Å². The third-order valence-corrected chi connectivity index (χ3v) is 3.44. The Balaban J connectivity index is 2.90. The van der Waals surface area contributed by atoms with Gasteiger partial charge in [-0.15, -0.1) is 0 Å². The van der Waals surface area contributed by atoms with Gasteiger partial charge in [0.2, 0.25) is 0 Å². The minimum atomic E-state index is -0.921. The molecule has 0 saturated heterocycles. The highest BCUT2D eigenvalue weighted by Crippen LogP contribution is 2.26. The summed E-state index contributed by atoms with van der Waals surface area (Å²) in [5.74, 6) is 0.946. The van der Waals surface area contributed by atoms with Gasteiger partial charge in [-0.1, -0.05) is 6.92 Å². The van der Waals surface area contributed by atoms with Crippen LogP contribution >= 0.6 is 0 Å². The van der Waals surface area contributed by atoms with E-state index in [0.29, 0.717) is 23.8 Å². The Labute approximate surface area is 121 Å². The zero-order valence-corrected chi connectivity index (χ0v) is 12.7. The molecule has 20 heavy (non-hydrogen) atoms. The second kappa shape index (κ2) is 7.84. The molecule has 0 saturated carbocycles. The van der Waals surface area contributed by atoms with Crippen molar-refractivity contribution >= 4 is 22.2 Å². The molecule has 0 aromatic heterocycles. The number of nitro benzene ring substituents is 1. The molecule has 0 aliphatic rings. The molecule has 0 aliphatic heterocycles. The second-order valence-corrected chi connectivity index (χ2v) is 6.09. The molecule has 0 spiro atoms. The molecule has 0 fully saturated rings. The van der Waals surface area contributed by atoms with Crippen LogP contribution in [0.5, 0.6) is 5.75 Å². The molecular weight excluding hydrogens is 280 g/mol. The molecule has 2 atom stereocenters. The molecule has 7 heteroatoms. The molecule has 0 radical (unpaired) electrons. The topological polar surface area (TPSA) is 81.5 Å². The first kappa shape index (κ1) is 16.4. The van der Waals surface area contributed by atoms with E-state index in [-0.39, 0.29) is 11.7 Å². The highest BCUT2D eigenvalue weighted by molar-refractivity contribution is 7.84. The molecule has 0 amide bonds. The van der Waals surface area contributed by atoms with Crippen molar-refractivity contribution in [2.75, 3.05) is 23.9 Å². The van der Waals surface area contributed by atoms with E-state index in [4.69, 9.17) is 4.74 Å². The van der Waals surface area contributed by atoms with Gasteiger partial charge >= 0.3 is 0 Å². The third-order valence-electron chi connectivity index (χ3n) is 2.47. The van der Waals surface area contributed by atoms with Crippen LogP contribution in [0.4, 0.5) is 11.4 Å². The van der Waals surface area contributed by atoms with Gasteiger partial charge in [-0.3, -0.25) is 14.3 Å². The molecule has 0 bridgehead atoms. The lowest BCUT2D eigenvalue weighted by atomic mass is 10.2. The fraction of sp³-hybridized carbons (Fsp3) is 0.538. The summed E-state index contributed by atoms with van der Waals surface area (Å²) in [6.07, 6.45) is 2.46. The number of anilines is 1. The Morgan fingerprint density at radius 1 is 1.45 bits per heavy atom. The van der Waals surface area contributed by atoms with Crippen LogP contribution in [0, 0.1) is 10.1 Å². The average Bonchev–Trinajstić information content (AvgIpc) is 2.34. The van der Waals surface area contributed by atoms with Crippen LogP contribution in [0.2, 0.25) is 0 Å². The summed E-state index contributed by atoms with van der Waals surface area (Å²) < 4.78 is 16.6. The van der Waals surface area contributed by atoms with Crippen LogP contribution in [0.3, 0.4) is 0 Å². The summed E-state index contributed by atoms with van der Waals surface area (Å²) in [5, 5.41) is 14.0. The number of non-ortho nitro benzene ring substituents is 1. The third kappa shape index (κ3) is 5.56. The molecular formula is C13H20N2O4S. The van der Waals surface area contributed by atoms with Crippen LogP contribution in [-0.4, -0.2) is 33.8 Å². The minimum Gasteiger partial charge on any atom is -0.493 e. The fourth-order valence-corrected chi connectivity index (χ4v) is 2.54.